The molecule has 1 N–H and O–H groups in total. The summed E-state index contributed by atoms with van der Waals surface area (Å²) in [6.45, 7) is -1.63. The van der Waals surface area contributed by atoms with Crippen LogP contribution in [0.1, 0.15) is 22.9 Å². The number of rotatable bonds is 5. The second-order valence-electron chi connectivity index (χ2n) is 2.84. The van der Waals surface area contributed by atoms with Crippen molar-refractivity contribution in [3.8, 4) is 0 Å². The van der Waals surface area contributed by atoms with Crippen LogP contribution in [0, 0.1) is 0 Å². The van der Waals surface area contributed by atoms with Crippen molar-refractivity contribution in [2.24, 2.45) is 0 Å². The van der Waals surface area contributed by atoms with Crippen LogP contribution in [0.2, 0.25) is 0 Å². The standard InChI is InChI=1S/C11H16O2/c1-10(12)7-8-13-9-11-5-3-2-4-6-11/h2-6,10,12H,7-9H2,1H3/i1D3. The number of hydrogen-bond acceptors (Lipinski definition) is 2. The molecule has 0 bridgehead atoms. The van der Waals surface area contributed by atoms with Gasteiger partial charge in [0.15, 0.2) is 0 Å². The molecule has 0 fully saturated rings. The van der Waals surface area contributed by atoms with Gasteiger partial charge in [0.1, 0.15) is 0 Å². The maximum Gasteiger partial charge on any atom is 0.0716 e. The molecule has 0 heterocycles. The summed E-state index contributed by atoms with van der Waals surface area (Å²) in [6, 6.07) is 9.61. The molecule has 1 rings (SSSR count). The smallest absolute Gasteiger partial charge is 0.0716 e. The van der Waals surface area contributed by atoms with Gasteiger partial charge in [-0.1, -0.05) is 30.3 Å². The van der Waals surface area contributed by atoms with E-state index in [0.717, 1.165) is 5.56 Å². The van der Waals surface area contributed by atoms with Gasteiger partial charge in [-0.2, -0.15) is 0 Å². The Morgan fingerprint density at radius 3 is 2.92 bits per heavy atom. The average Bonchev–Trinajstić information content (AvgIpc) is 2.24. The fourth-order valence-electron chi connectivity index (χ4n) is 0.959. The molecule has 0 amide bonds. The highest BCUT2D eigenvalue weighted by Gasteiger charge is 1.95. The number of benzene rings is 1. The van der Waals surface area contributed by atoms with Gasteiger partial charge in [-0.25, -0.2) is 0 Å². The average molecular weight is 183 g/mol. The summed E-state index contributed by atoms with van der Waals surface area (Å²) in [5, 5.41) is 9.24. The first-order chi connectivity index (χ1) is 7.50. The molecular weight excluding hydrogens is 164 g/mol. The lowest BCUT2D eigenvalue weighted by Crippen LogP contribution is -2.05. The molecular formula is C11H16O2. The number of aliphatic hydroxyl groups excluding tert-OH is 1. The molecule has 0 spiro atoms. The number of ether oxygens (including phenoxy) is 1. The quantitative estimate of drug-likeness (QED) is 0.707. The van der Waals surface area contributed by atoms with Crippen LogP contribution in [0.25, 0.3) is 0 Å². The molecule has 13 heavy (non-hydrogen) atoms. The van der Waals surface area contributed by atoms with Crippen molar-refractivity contribution in [1.29, 1.82) is 0 Å². The molecule has 72 valence electrons. The molecule has 1 aromatic carbocycles. The van der Waals surface area contributed by atoms with Gasteiger partial charge in [-0.05, 0) is 18.8 Å². The highest BCUT2D eigenvalue weighted by Crippen LogP contribution is 2.01. The van der Waals surface area contributed by atoms with E-state index < -0.39 is 13.0 Å². The Kier molecular flexibility index (Phi) is 2.90. The third-order valence-electron chi connectivity index (χ3n) is 1.65. The number of aliphatic hydroxyl groups is 1. The minimum atomic E-state index is -2.31. The van der Waals surface area contributed by atoms with Crippen LogP contribution in [-0.4, -0.2) is 17.8 Å². The first-order valence-corrected chi connectivity index (χ1v) is 4.30. The van der Waals surface area contributed by atoms with E-state index in [-0.39, 0.29) is 13.0 Å². The van der Waals surface area contributed by atoms with Crippen molar-refractivity contribution in [3.05, 3.63) is 35.9 Å². The zero-order valence-corrected chi connectivity index (χ0v) is 7.44. The van der Waals surface area contributed by atoms with E-state index in [1.54, 1.807) is 0 Å². The largest absolute Gasteiger partial charge is 0.393 e. The highest BCUT2D eigenvalue weighted by atomic mass is 16.5. The lowest BCUT2D eigenvalue weighted by molar-refractivity contribution is 0.0801. The van der Waals surface area contributed by atoms with E-state index in [9.17, 15) is 5.11 Å². The molecule has 2 heteroatoms. The molecule has 0 radical (unpaired) electrons. The van der Waals surface area contributed by atoms with E-state index in [0.29, 0.717) is 6.61 Å². The fourth-order valence-corrected chi connectivity index (χ4v) is 0.959. The normalized spacial score (nSPS) is 17.2. The zero-order chi connectivity index (χ0) is 12.0. The second-order valence-corrected chi connectivity index (χ2v) is 2.84. The first kappa shape index (κ1) is 6.57. The molecule has 0 aromatic heterocycles. The summed E-state index contributed by atoms with van der Waals surface area (Å²) in [4.78, 5) is 0. The summed E-state index contributed by atoms with van der Waals surface area (Å²) in [6.07, 6.45) is -1.17. The Hall–Kier alpha value is -0.860. The molecule has 0 saturated heterocycles. The van der Waals surface area contributed by atoms with E-state index >= 15 is 0 Å². The summed E-state index contributed by atoms with van der Waals surface area (Å²) in [7, 11) is 0. The second kappa shape index (κ2) is 5.73. The van der Waals surface area contributed by atoms with Crippen LogP contribution in [-0.2, 0) is 11.3 Å². The Balaban J connectivity index is 2.18. The Morgan fingerprint density at radius 1 is 1.46 bits per heavy atom. The van der Waals surface area contributed by atoms with Crippen LogP contribution in [0.15, 0.2) is 30.3 Å². The molecule has 0 aliphatic carbocycles. The predicted octanol–water partition coefficient (Wildman–Crippen LogP) is 1.97. The van der Waals surface area contributed by atoms with Crippen LogP contribution in [0.3, 0.4) is 0 Å². The number of hydrogen-bond donors (Lipinski definition) is 1. The van der Waals surface area contributed by atoms with Gasteiger partial charge in [0.2, 0.25) is 0 Å². The van der Waals surface area contributed by atoms with E-state index in [1.165, 1.54) is 0 Å². The lowest BCUT2D eigenvalue weighted by Gasteiger charge is -2.05. The van der Waals surface area contributed by atoms with Crippen molar-refractivity contribution in [2.75, 3.05) is 6.61 Å². The molecule has 0 aliphatic heterocycles. The maximum atomic E-state index is 9.24. The van der Waals surface area contributed by atoms with Crippen LogP contribution >= 0.6 is 0 Å². The summed E-state index contributed by atoms with van der Waals surface area (Å²) < 4.78 is 26.2. The minimum Gasteiger partial charge on any atom is -0.393 e. The lowest BCUT2D eigenvalue weighted by atomic mass is 10.2. The van der Waals surface area contributed by atoms with Gasteiger partial charge in [0, 0.05) is 10.7 Å². The Bertz CT molecular complexity index is 298. The van der Waals surface area contributed by atoms with Crippen LogP contribution in [0.4, 0.5) is 0 Å². The summed E-state index contributed by atoms with van der Waals surface area (Å²) >= 11 is 0. The van der Waals surface area contributed by atoms with E-state index in [1.807, 2.05) is 30.3 Å². The molecule has 1 atom stereocenters. The van der Waals surface area contributed by atoms with Gasteiger partial charge >= 0.3 is 0 Å². The molecule has 0 aliphatic rings. The van der Waals surface area contributed by atoms with Crippen molar-refractivity contribution in [3.63, 3.8) is 0 Å². The fraction of sp³-hybridized carbons (Fsp3) is 0.455. The van der Waals surface area contributed by atoms with Crippen molar-refractivity contribution in [2.45, 2.75) is 26.0 Å². The molecule has 2 nitrogen and oxygen atoms in total. The molecule has 1 unspecified atom stereocenters. The molecule has 0 saturated carbocycles. The van der Waals surface area contributed by atoms with Crippen LogP contribution in [0.5, 0.6) is 0 Å². The third kappa shape index (κ3) is 4.65. The van der Waals surface area contributed by atoms with Gasteiger partial charge in [0.05, 0.1) is 12.7 Å². The third-order valence-corrected chi connectivity index (χ3v) is 1.65. The van der Waals surface area contributed by atoms with Crippen LogP contribution < -0.4 is 0 Å². The highest BCUT2D eigenvalue weighted by molar-refractivity contribution is 5.13. The molecule has 1 aromatic rings. The van der Waals surface area contributed by atoms with Crippen molar-refractivity contribution < 1.29 is 14.0 Å². The van der Waals surface area contributed by atoms with Gasteiger partial charge in [-0.3, -0.25) is 0 Å². The van der Waals surface area contributed by atoms with E-state index in [2.05, 4.69) is 0 Å². The monoisotopic (exact) mass is 183 g/mol. The minimum absolute atomic E-state index is 0.128. The maximum absolute atomic E-state index is 9.24. The predicted molar refractivity (Wildman–Crippen MR) is 52.4 cm³/mol. The van der Waals surface area contributed by atoms with Gasteiger partial charge < -0.3 is 9.84 Å². The van der Waals surface area contributed by atoms with E-state index in [4.69, 9.17) is 8.85 Å². The van der Waals surface area contributed by atoms with Crippen molar-refractivity contribution in [1.82, 2.24) is 0 Å². The van der Waals surface area contributed by atoms with Gasteiger partial charge in [0.25, 0.3) is 0 Å². The summed E-state index contributed by atoms with van der Waals surface area (Å²) in [5.74, 6) is 0. The van der Waals surface area contributed by atoms with Gasteiger partial charge in [-0.15, -0.1) is 0 Å². The first-order valence-electron chi connectivity index (χ1n) is 5.80. The topological polar surface area (TPSA) is 29.5 Å². The Morgan fingerprint density at radius 2 is 2.23 bits per heavy atom. The summed E-state index contributed by atoms with van der Waals surface area (Å²) in [5.41, 5.74) is 1.03. The zero-order valence-electron chi connectivity index (χ0n) is 10.4. The van der Waals surface area contributed by atoms with Crippen molar-refractivity contribution >= 4 is 0 Å². The Labute approximate surface area is 83.4 Å². The SMILES string of the molecule is [2H]C([2H])([2H])C(O)CCOCc1ccccc1.